The molecule has 0 saturated carbocycles. The van der Waals surface area contributed by atoms with Crippen LogP contribution in [0.1, 0.15) is 15.9 Å². The molecule has 0 unspecified atom stereocenters. The molecule has 0 heterocycles. The van der Waals surface area contributed by atoms with Crippen LogP contribution in [0.15, 0.2) is 24.3 Å². The van der Waals surface area contributed by atoms with Crippen molar-refractivity contribution in [3.63, 3.8) is 0 Å². The highest BCUT2D eigenvalue weighted by Gasteiger charge is 2.06. The molecule has 0 saturated heterocycles. The largest absolute Gasteiger partial charge is 0.366 e. The van der Waals surface area contributed by atoms with Crippen molar-refractivity contribution in [3.05, 3.63) is 35.4 Å². The van der Waals surface area contributed by atoms with Gasteiger partial charge in [0.1, 0.15) is 0 Å². The normalized spacial score (nSPS) is 9.19. The minimum absolute atomic E-state index is 0. The smallest absolute Gasteiger partial charge is 0.248 e. The molecule has 0 aliphatic heterocycles. The summed E-state index contributed by atoms with van der Waals surface area (Å²) in [6, 6.07) is 7.48. The Bertz CT molecular complexity index is 330. The summed E-state index contributed by atoms with van der Waals surface area (Å²) >= 11 is 0. The van der Waals surface area contributed by atoms with Crippen molar-refractivity contribution in [3.8, 4) is 0 Å². The quantitative estimate of drug-likeness (QED) is 0.901. The fourth-order valence-electron chi connectivity index (χ4n) is 1.32. The summed E-state index contributed by atoms with van der Waals surface area (Å²) in [6.07, 6.45) is 0.853. The van der Waals surface area contributed by atoms with Crippen LogP contribution in [0, 0.1) is 0 Å². The number of halogens is 2. The van der Waals surface area contributed by atoms with Gasteiger partial charge in [-0.1, -0.05) is 18.2 Å². The maximum Gasteiger partial charge on any atom is 0.248 e. The number of benzene rings is 1. The maximum atomic E-state index is 11.1. The zero-order chi connectivity index (χ0) is 10.6. The lowest BCUT2D eigenvalue weighted by atomic mass is 10.0. The number of hydrogen-bond donors (Lipinski definition) is 1. The van der Waals surface area contributed by atoms with E-state index in [1.807, 2.05) is 32.3 Å². The standard InChI is InChI=1S/C11H16N2O.2ClH/c1-13(2)8-7-9-5-3-4-6-10(9)11(12)14;;/h3-6H,7-8H2,1-2H3,(H2,12,14);2*1H. The lowest BCUT2D eigenvalue weighted by Crippen LogP contribution is -2.18. The molecule has 92 valence electrons. The monoisotopic (exact) mass is 264 g/mol. The van der Waals surface area contributed by atoms with E-state index >= 15 is 0 Å². The minimum atomic E-state index is -0.348. The second-order valence-corrected chi connectivity index (χ2v) is 3.57. The zero-order valence-electron chi connectivity index (χ0n) is 9.47. The van der Waals surface area contributed by atoms with Gasteiger partial charge in [-0.05, 0) is 32.1 Å². The van der Waals surface area contributed by atoms with Crippen molar-refractivity contribution in [2.75, 3.05) is 20.6 Å². The first-order chi connectivity index (χ1) is 6.61. The maximum absolute atomic E-state index is 11.1. The predicted octanol–water partition coefficient (Wildman–Crippen LogP) is 1.73. The lowest BCUT2D eigenvalue weighted by Gasteiger charge is -2.11. The summed E-state index contributed by atoms with van der Waals surface area (Å²) in [5.74, 6) is -0.348. The average molecular weight is 265 g/mol. The van der Waals surface area contributed by atoms with Gasteiger partial charge in [-0.25, -0.2) is 0 Å². The number of carbonyl (C=O) groups is 1. The zero-order valence-corrected chi connectivity index (χ0v) is 11.1. The number of carbonyl (C=O) groups excluding carboxylic acids is 1. The van der Waals surface area contributed by atoms with Crippen LogP contribution in [0.2, 0.25) is 0 Å². The SMILES string of the molecule is CN(C)CCc1ccccc1C(N)=O.Cl.Cl. The van der Waals surface area contributed by atoms with E-state index in [4.69, 9.17) is 5.73 Å². The molecule has 1 rings (SSSR count). The van der Waals surface area contributed by atoms with Gasteiger partial charge in [-0.2, -0.15) is 0 Å². The molecule has 0 fully saturated rings. The van der Waals surface area contributed by atoms with Crippen molar-refractivity contribution in [2.24, 2.45) is 5.73 Å². The number of nitrogens with zero attached hydrogens (tertiary/aromatic N) is 1. The lowest BCUT2D eigenvalue weighted by molar-refractivity contribution is 0.0999. The Kier molecular flexibility index (Phi) is 9.24. The van der Waals surface area contributed by atoms with Gasteiger partial charge in [-0.3, -0.25) is 4.79 Å². The molecule has 5 heteroatoms. The van der Waals surface area contributed by atoms with E-state index in [1.54, 1.807) is 6.07 Å². The Morgan fingerprint density at radius 3 is 2.31 bits per heavy atom. The van der Waals surface area contributed by atoms with E-state index < -0.39 is 0 Å². The van der Waals surface area contributed by atoms with Gasteiger partial charge in [0.2, 0.25) is 5.91 Å². The number of amides is 1. The molecule has 2 N–H and O–H groups in total. The molecule has 0 bridgehead atoms. The molecular weight excluding hydrogens is 247 g/mol. The van der Waals surface area contributed by atoms with Crippen LogP contribution in [0.5, 0.6) is 0 Å². The highest BCUT2D eigenvalue weighted by Crippen LogP contribution is 2.08. The van der Waals surface area contributed by atoms with Crippen molar-refractivity contribution in [2.45, 2.75) is 6.42 Å². The topological polar surface area (TPSA) is 46.3 Å². The highest BCUT2D eigenvalue weighted by molar-refractivity contribution is 5.94. The third-order valence-corrected chi connectivity index (χ3v) is 2.11. The van der Waals surface area contributed by atoms with Crippen molar-refractivity contribution in [1.82, 2.24) is 4.90 Å². The highest BCUT2D eigenvalue weighted by atomic mass is 35.5. The average Bonchev–Trinajstić information content (AvgIpc) is 2.15. The van der Waals surface area contributed by atoms with Gasteiger partial charge in [0, 0.05) is 12.1 Å². The molecule has 1 aromatic rings. The number of nitrogens with two attached hydrogens (primary N) is 1. The van der Waals surface area contributed by atoms with Crippen LogP contribution in [-0.2, 0) is 6.42 Å². The predicted molar refractivity (Wildman–Crippen MR) is 71.7 cm³/mol. The molecule has 0 atom stereocenters. The second-order valence-electron chi connectivity index (χ2n) is 3.57. The fraction of sp³-hybridized carbons (Fsp3) is 0.364. The van der Waals surface area contributed by atoms with Gasteiger partial charge in [0.15, 0.2) is 0 Å². The molecule has 16 heavy (non-hydrogen) atoms. The molecular formula is C11H18Cl2N2O. The molecule has 0 spiro atoms. The van der Waals surface area contributed by atoms with E-state index in [9.17, 15) is 4.79 Å². The third kappa shape index (κ3) is 5.35. The Labute approximate surface area is 109 Å². The van der Waals surface area contributed by atoms with Crippen molar-refractivity contribution < 1.29 is 4.79 Å². The summed E-state index contributed by atoms with van der Waals surface area (Å²) in [6.45, 7) is 0.921. The molecule has 1 aromatic carbocycles. The molecule has 0 aliphatic carbocycles. The van der Waals surface area contributed by atoms with Crippen LogP contribution >= 0.6 is 24.8 Å². The first-order valence-corrected chi connectivity index (χ1v) is 4.63. The van der Waals surface area contributed by atoms with Gasteiger partial charge in [0.25, 0.3) is 0 Å². The number of rotatable bonds is 4. The minimum Gasteiger partial charge on any atom is -0.366 e. The summed E-state index contributed by atoms with van der Waals surface area (Å²) in [7, 11) is 4.01. The molecule has 0 radical (unpaired) electrons. The second kappa shape index (κ2) is 8.39. The van der Waals surface area contributed by atoms with Crippen LogP contribution in [-0.4, -0.2) is 31.4 Å². The molecule has 0 aliphatic rings. The van der Waals surface area contributed by atoms with Crippen molar-refractivity contribution in [1.29, 1.82) is 0 Å². The Morgan fingerprint density at radius 1 is 1.25 bits per heavy atom. The van der Waals surface area contributed by atoms with Gasteiger partial charge >= 0.3 is 0 Å². The third-order valence-electron chi connectivity index (χ3n) is 2.11. The Hall–Kier alpha value is -0.770. The molecule has 1 amide bonds. The van der Waals surface area contributed by atoms with Crippen LogP contribution in [0.3, 0.4) is 0 Å². The van der Waals surface area contributed by atoms with Gasteiger partial charge in [0.05, 0.1) is 0 Å². The van der Waals surface area contributed by atoms with Crippen LogP contribution in [0.25, 0.3) is 0 Å². The molecule has 3 nitrogen and oxygen atoms in total. The number of likely N-dealkylation sites (N-methyl/N-ethyl adjacent to an activating group) is 1. The van der Waals surface area contributed by atoms with E-state index in [-0.39, 0.29) is 30.7 Å². The Morgan fingerprint density at radius 2 is 1.81 bits per heavy atom. The van der Waals surface area contributed by atoms with Gasteiger partial charge in [-0.15, -0.1) is 24.8 Å². The first-order valence-electron chi connectivity index (χ1n) is 4.63. The van der Waals surface area contributed by atoms with E-state index in [0.717, 1.165) is 18.5 Å². The van der Waals surface area contributed by atoms with E-state index in [2.05, 4.69) is 4.90 Å². The summed E-state index contributed by atoms with van der Waals surface area (Å²) in [4.78, 5) is 13.2. The summed E-state index contributed by atoms with van der Waals surface area (Å²) in [5.41, 5.74) is 6.92. The fourth-order valence-corrected chi connectivity index (χ4v) is 1.32. The van der Waals surface area contributed by atoms with Crippen LogP contribution in [0.4, 0.5) is 0 Å². The Balaban J connectivity index is 0. The number of hydrogen-bond acceptors (Lipinski definition) is 2. The summed E-state index contributed by atoms with van der Waals surface area (Å²) < 4.78 is 0. The molecule has 0 aromatic heterocycles. The van der Waals surface area contributed by atoms with Crippen molar-refractivity contribution >= 4 is 30.7 Å². The van der Waals surface area contributed by atoms with E-state index in [1.165, 1.54) is 0 Å². The van der Waals surface area contributed by atoms with Gasteiger partial charge < -0.3 is 10.6 Å². The summed E-state index contributed by atoms with van der Waals surface area (Å²) in [5, 5.41) is 0. The van der Waals surface area contributed by atoms with Crippen LogP contribution < -0.4 is 5.73 Å². The number of primary amides is 1. The first kappa shape index (κ1) is 17.6. The van der Waals surface area contributed by atoms with E-state index in [0.29, 0.717) is 5.56 Å².